The second-order valence-corrected chi connectivity index (χ2v) is 9.90. The topological polar surface area (TPSA) is 75.7 Å². The lowest BCUT2D eigenvalue weighted by Crippen LogP contribution is -2.27. The molecule has 0 spiro atoms. The molecule has 0 radical (unpaired) electrons. The standard InChI is InChI=1S/C18H21ClN2O4S2/c1-2-25-16-7-5-13(19)11-15(16)20-17(22)12-14-6-8-18(26-14)27(23,24)21-9-3-4-10-21/h5-8,11H,2-4,9-10,12H2,1H3,(H,20,22). The van der Waals surface area contributed by atoms with Crippen molar-refractivity contribution < 1.29 is 17.9 Å². The maximum Gasteiger partial charge on any atom is 0.252 e. The van der Waals surface area contributed by atoms with Crippen molar-refractivity contribution in [3.63, 3.8) is 0 Å². The van der Waals surface area contributed by atoms with E-state index in [0.29, 0.717) is 41.0 Å². The minimum atomic E-state index is -3.45. The fourth-order valence-corrected chi connectivity index (χ4v) is 6.08. The van der Waals surface area contributed by atoms with Gasteiger partial charge in [0.25, 0.3) is 10.0 Å². The van der Waals surface area contributed by atoms with Crippen molar-refractivity contribution in [3.8, 4) is 5.75 Å². The Morgan fingerprint density at radius 1 is 1.26 bits per heavy atom. The van der Waals surface area contributed by atoms with E-state index < -0.39 is 10.0 Å². The van der Waals surface area contributed by atoms with E-state index in [4.69, 9.17) is 16.3 Å². The van der Waals surface area contributed by atoms with Gasteiger partial charge in [-0.2, -0.15) is 4.31 Å². The number of rotatable bonds is 7. The highest BCUT2D eigenvalue weighted by Crippen LogP contribution is 2.30. The molecule has 1 aromatic heterocycles. The summed E-state index contributed by atoms with van der Waals surface area (Å²) in [6.45, 7) is 3.44. The molecule has 2 aromatic rings. The summed E-state index contributed by atoms with van der Waals surface area (Å²) in [4.78, 5) is 13.1. The predicted octanol–water partition coefficient (Wildman–Crippen LogP) is 3.77. The Hall–Kier alpha value is -1.61. The highest BCUT2D eigenvalue weighted by molar-refractivity contribution is 7.91. The van der Waals surface area contributed by atoms with Crippen molar-refractivity contribution in [2.24, 2.45) is 0 Å². The molecule has 27 heavy (non-hydrogen) atoms. The Bertz CT molecular complexity index is 921. The van der Waals surface area contributed by atoms with E-state index in [9.17, 15) is 13.2 Å². The molecule has 1 saturated heterocycles. The van der Waals surface area contributed by atoms with Crippen molar-refractivity contribution in [1.29, 1.82) is 0 Å². The molecule has 1 amide bonds. The number of nitrogens with one attached hydrogen (secondary N) is 1. The van der Waals surface area contributed by atoms with Crippen LogP contribution in [0.15, 0.2) is 34.5 Å². The lowest BCUT2D eigenvalue weighted by atomic mass is 10.2. The Morgan fingerprint density at radius 2 is 2.00 bits per heavy atom. The average Bonchev–Trinajstić information content (AvgIpc) is 3.29. The smallest absolute Gasteiger partial charge is 0.252 e. The van der Waals surface area contributed by atoms with Crippen molar-refractivity contribution in [2.75, 3.05) is 25.0 Å². The van der Waals surface area contributed by atoms with Crippen molar-refractivity contribution >= 4 is 44.6 Å². The molecule has 0 aliphatic carbocycles. The predicted molar refractivity (Wildman–Crippen MR) is 107 cm³/mol. The van der Waals surface area contributed by atoms with Crippen LogP contribution >= 0.6 is 22.9 Å². The summed E-state index contributed by atoms with van der Waals surface area (Å²) in [6.07, 6.45) is 1.86. The Morgan fingerprint density at radius 3 is 2.70 bits per heavy atom. The van der Waals surface area contributed by atoms with Gasteiger partial charge in [0.2, 0.25) is 5.91 Å². The van der Waals surface area contributed by atoms with Crippen LogP contribution in [0.5, 0.6) is 5.75 Å². The van der Waals surface area contributed by atoms with Crippen LogP contribution in [0.3, 0.4) is 0 Å². The fraction of sp³-hybridized carbons (Fsp3) is 0.389. The molecule has 0 atom stereocenters. The molecule has 0 bridgehead atoms. The van der Waals surface area contributed by atoms with Crippen LogP contribution in [0.1, 0.15) is 24.6 Å². The first-order valence-corrected chi connectivity index (χ1v) is 11.3. The van der Waals surface area contributed by atoms with Gasteiger partial charge in [0.15, 0.2) is 0 Å². The Kier molecular flexibility index (Phi) is 6.41. The van der Waals surface area contributed by atoms with Crippen LogP contribution in [0, 0.1) is 0 Å². The van der Waals surface area contributed by atoms with E-state index in [-0.39, 0.29) is 16.5 Å². The molecule has 6 nitrogen and oxygen atoms in total. The molecular weight excluding hydrogens is 408 g/mol. The van der Waals surface area contributed by atoms with E-state index in [1.165, 1.54) is 4.31 Å². The van der Waals surface area contributed by atoms with Gasteiger partial charge in [-0.05, 0) is 50.1 Å². The van der Waals surface area contributed by atoms with E-state index >= 15 is 0 Å². The van der Waals surface area contributed by atoms with Crippen LogP contribution in [0.2, 0.25) is 5.02 Å². The zero-order chi connectivity index (χ0) is 19.4. The summed E-state index contributed by atoms with van der Waals surface area (Å²) >= 11 is 7.14. The zero-order valence-electron chi connectivity index (χ0n) is 14.9. The average molecular weight is 429 g/mol. The van der Waals surface area contributed by atoms with Gasteiger partial charge >= 0.3 is 0 Å². The molecule has 1 fully saturated rings. The van der Waals surface area contributed by atoms with Crippen LogP contribution in [0.4, 0.5) is 5.69 Å². The number of anilines is 1. The number of carbonyl (C=O) groups is 1. The van der Waals surface area contributed by atoms with Gasteiger partial charge in [0, 0.05) is 23.0 Å². The quantitative estimate of drug-likeness (QED) is 0.728. The zero-order valence-corrected chi connectivity index (χ0v) is 17.3. The number of carbonyl (C=O) groups excluding carboxylic acids is 1. The molecule has 0 saturated carbocycles. The molecule has 9 heteroatoms. The van der Waals surface area contributed by atoms with Gasteiger partial charge < -0.3 is 10.1 Å². The molecule has 1 N–H and O–H groups in total. The Labute approximate surface area is 168 Å². The maximum atomic E-state index is 12.6. The molecule has 0 unspecified atom stereocenters. The molecule has 1 aliphatic rings. The first-order chi connectivity index (χ1) is 12.9. The van der Waals surface area contributed by atoms with Gasteiger partial charge in [-0.25, -0.2) is 8.42 Å². The monoisotopic (exact) mass is 428 g/mol. The lowest BCUT2D eigenvalue weighted by Gasteiger charge is -2.13. The summed E-state index contributed by atoms with van der Waals surface area (Å²) in [5.41, 5.74) is 0.496. The minimum absolute atomic E-state index is 0.0816. The number of halogens is 1. The number of hydrogen-bond donors (Lipinski definition) is 1. The minimum Gasteiger partial charge on any atom is -0.492 e. The Balaban J connectivity index is 1.69. The number of amides is 1. The maximum absolute atomic E-state index is 12.6. The van der Waals surface area contributed by atoms with E-state index in [2.05, 4.69) is 5.32 Å². The van der Waals surface area contributed by atoms with Crippen LogP contribution < -0.4 is 10.1 Å². The summed E-state index contributed by atoms with van der Waals surface area (Å²) in [5, 5.41) is 3.28. The first kappa shape index (κ1) is 20.1. The van der Waals surface area contributed by atoms with Crippen molar-refractivity contribution in [3.05, 3.63) is 40.2 Å². The summed E-state index contributed by atoms with van der Waals surface area (Å²) in [6, 6.07) is 8.28. The number of thiophene rings is 1. The first-order valence-electron chi connectivity index (χ1n) is 8.71. The third kappa shape index (κ3) is 4.82. The second-order valence-electron chi connectivity index (χ2n) is 6.13. The molecular formula is C18H21ClN2O4S2. The van der Waals surface area contributed by atoms with Gasteiger partial charge in [-0.1, -0.05) is 11.6 Å². The lowest BCUT2D eigenvalue weighted by molar-refractivity contribution is -0.115. The fourth-order valence-electron chi connectivity index (χ4n) is 2.88. The highest BCUT2D eigenvalue weighted by atomic mass is 35.5. The molecule has 146 valence electrons. The van der Waals surface area contributed by atoms with Gasteiger partial charge in [-0.3, -0.25) is 4.79 Å². The van der Waals surface area contributed by atoms with Crippen LogP contribution in [-0.2, 0) is 21.2 Å². The van der Waals surface area contributed by atoms with Gasteiger partial charge in [0.05, 0.1) is 18.7 Å². The van der Waals surface area contributed by atoms with Crippen LogP contribution in [0.25, 0.3) is 0 Å². The number of sulfonamides is 1. The third-order valence-electron chi connectivity index (χ3n) is 4.15. The molecule has 2 heterocycles. The normalized spacial score (nSPS) is 15.0. The highest BCUT2D eigenvalue weighted by Gasteiger charge is 2.28. The van der Waals surface area contributed by atoms with Crippen molar-refractivity contribution in [1.82, 2.24) is 4.31 Å². The number of hydrogen-bond acceptors (Lipinski definition) is 5. The van der Waals surface area contributed by atoms with E-state index in [1.54, 1.807) is 30.3 Å². The number of ether oxygens (including phenoxy) is 1. The number of benzene rings is 1. The largest absolute Gasteiger partial charge is 0.492 e. The van der Waals surface area contributed by atoms with E-state index in [1.807, 2.05) is 6.92 Å². The molecule has 1 aliphatic heterocycles. The third-order valence-corrected chi connectivity index (χ3v) is 7.83. The van der Waals surface area contributed by atoms with Gasteiger partial charge in [0.1, 0.15) is 9.96 Å². The van der Waals surface area contributed by atoms with Gasteiger partial charge in [-0.15, -0.1) is 11.3 Å². The molecule has 3 rings (SSSR count). The second kappa shape index (κ2) is 8.60. The summed E-state index contributed by atoms with van der Waals surface area (Å²) in [7, 11) is -3.45. The van der Waals surface area contributed by atoms with Crippen LogP contribution in [-0.4, -0.2) is 38.3 Å². The summed E-state index contributed by atoms with van der Waals surface area (Å²) < 4.78 is 32.4. The molecule has 1 aromatic carbocycles. The SMILES string of the molecule is CCOc1ccc(Cl)cc1NC(=O)Cc1ccc(S(=O)(=O)N2CCCC2)s1. The summed E-state index contributed by atoms with van der Waals surface area (Å²) in [5.74, 6) is 0.281. The number of nitrogens with zero attached hydrogens (tertiary/aromatic N) is 1. The van der Waals surface area contributed by atoms with Crippen molar-refractivity contribution in [2.45, 2.75) is 30.4 Å². The van der Waals surface area contributed by atoms with E-state index in [0.717, 1.165) is 24.2 Å².